The van der Waals surface area contributed by atoms with E-state index >= 15 is 0 Å². The van der Waals surface area contributed by atoms with Crippen LogP contribution in [0, 0.1) is 5.41 Å². The predicted octanol–water partition coefficient (Wildman–Crippen LogP) is 3.05. The van der Waals surface area contributed by atoms with E-state index in [0.717, 1.165) is 11.5 Å². The molecule has 2 fully saturated rings. The molecule has 0 amide bonds. The van der Waals surface area contributed by atoms with Gasteiger partial charge in [-0.2, -0.15) is 11.8 Å². The third-order valence-electron chi connectivity index (χ3n) is 4.35. The van der Waals surface area contributed by atoms with Crippen LogP contribution in [0.4, 0.5) is 0 Å². The van der Waals surface area contributed by atoms with Crippen molar-refractivity contribution >= 4 is 11.8 Å². The van der Waals surface area contributed by atoms with Gasteiger partial charge in [-0.25, -0.2) is 0 Å². The highest BCUT2D eigenvalue weighted by Gasteiger charge is 2.50. The summed E-state index contributed by atoms with van der Waals surface area (Å²) in [5, 5.41) is 3.78. The van der Waals surface area contributed by atoms with Crippen molar-refractivity contribution in [3.8, 4) is 0 Å². The molecule has 2 rings (SSSR count). The largest absolute Gasteiger partial charge is 0.312 e. The number of nitrogens with one attached hydrogen (secondary N) is 1. The summed E-state index contributed by atoms with van der Waals surface area (Å²) in [6.45, 7) is 5.83. The van der Waals surface area contributed by atoms with E-state index in [1.165, 1.54) is 38.6 Å². The van der Waals surface area contributed by atoms with Gasteiger partial charge in [0.25, 0.3) is 0 Å². The molecule has 82 valence electrons. The third-order valence-corrected chi connectivity index (χ3v) is 5.60. The monoisotopic (exact) mass is 213 g/mol. The molecular formula is C12H23NS. The van der Waals surface area contributed by atoms with E-state index in [4.69, 9.17) is 0 Å². The first-order valence-electron chi connectivity index (χ1n) is 5.87. The number of rotatable bonds is 4. The molecule has 0 radical (unpaired) electrons. The Hall–Kier alpha value is 0.310. The van der Waals surface area contributed by atoms with Gasteiger partial charge in [0.15, 0.2) is 0 Å². The molecular weight excluding hydrogens is 190 g/mol. The minimum absolute atomic E-state index is 0.403. The molecule has 2 heteroatoms. The topological polar surface area (TPSA) is 12.0 Å². The van der Waals surface area contributed by atoms with Gasteiger partial charge in [-0.3, -0.25) is 0 Å². The smallest absolute Gasteiger partial charge is 0.0225 e. The van der Waals surface area contributed by atoms with Gasteiger partial charge in [0, 0.05) is 17.3 Å². The molecule has 1 nitrogen and oxygen atoms in total. The first-order chi connectivity index (χ1) is 6.58. The van der Waals surface area contributed by atoms with Gasteiger partial charge >= 0.3 is 0 Å². The minimum Gasteiger partial charge on any atom is -0.312 e. The average Bonchev–Trinajstić information content (AvgIpc) is 2.00. The molecule has 0 aliphatic heterocycles. The molecule has 0 unspecified atom stereocenters. The second-order valence-electron chi connectivity index (χ2n) is 5.65. The fraction of sp³-hybridized carbons (Fsp3) is 1.00. The molecule has 1 atom stereocenters. The van der Waals surface area contributed by atoms with Crippen LogP contribution in [-0.2, 0) is 0 Å². The lowest BCUT2D eigenvalue weighted by Crippen LogP contribution is -2.58. The molecule has 2 saturated carbocycles. The molecule has 0 aromatic heterocycles. The summed E-state index contributed by atoms with van der Waals surface area (Å²) in [5.41, 5.74) is 0.758. The minimum atomic E-state index is 0.403. The molecule has 14 heavy (non-hydrogen) atoms. The summed E-state index contributed by atoms with van der Waals surface area (Å²) in [6, 6.07) is 0.850. The van der Waals surface area contributed by atoms with Crippen LogP contribution in [0.3, 0.4) is 0 Å². The van der Waals surface area contributed by atoms with Crippen molar-refractivity contribution in [2.45, 2.75) is 56.7 Å². The Morgan fingerprint density at radius 3 is 2.43 bits per heavy atom. The number of thioether (sulfide) groups is 1. The highest BCUT2D eigenvalue weighted by molar-refractivity contribution is 7.99. The Bertz CT molecular complexity index is 203. The van der Waals surface area contributed by atoms with Crippen molar-refractivity contribution in [2.24, 2.45) is 5.41 Å². The summed E-state index contributed by atoms with van der Waals surface area (Å²) in [7, 11) is 0. The van der Waals surface area contributed by atoms with Crippen LogP contribution in [0.25, 0.3) is 0 Å². The molecule has 2 aliphatic rings. The van der Waals surface area contributed by atoms with E-state index in [0.29, 0.717) is 4.75 Å². The Kier molecular flexibility index (Phi) is 2.87. The summed E-state index contributed by atoms with van der Waals surface area (Å²) in [4.78, 5) is 0. The highest BCUT2D eigenvalue weighted by atomic mass is 32.2. The van der Waals surface area contributed by atoms with Gasteiger partial charge in [-0.15, -0.1) is 0 Å². The van der Waals surface area contributed by atoms with Gasteiger partial charge < -0.3 is 5.32 Å². The lowest BCUT2D eigenvalue weighted by Gasteiger charge is -2.57. The van der Waals surface area contributed by atoms with Gasteiger partial charge in [-0.1, -0.05) is 6.42 Å². The van der Waals surface area contributed by atoms with E-state index in [-0.39, 0.29) is 0 Å². The summed E-state index contributed by atoms with van der Waals surface area (Å²) in [6.07, 6.45) is 9.58. The molecule has 0 aromatic carbocycles. The van der Waals surface area contributed by atoms with Crippen LogP contribution in [0.5, 0.6) is 0 Å². The maximum absolute atomic E-state index is 3.78. The van der Waals surface area contributed by atoms with E-state index < -0.39 is 0 Å². The summed E-state index contributed by atoms with van der Waals surface area (Å²) in [5.74, 6) is 0. The lowest BCUT2D eigenvalue weighted by atomic mass is 9.53. The Balaban J connectivity index is 1.76. The van der Waals surface area contributed by atoms with Gasteiger partial charge in [0.1, 0.15) is 0 Å². The first-order valence-corrected chi connectivity index (χ1v) is 7.09. The lowest BCUT2D eigenvalue weighted by molar-refractivity contribution is -0.0177. The molecule has 0 heterocycles. The van der Waals surface area contributed by atoms with Crippen LogP contribution in [0.15, 0.2) is 0 Å². The Morgan fingerprint density at radius 1 is 1.36 bits per heavy atom. The third kappa shape index (κ3) is 1.83. The van der Waals surface area contributed by atoms with Crippen LogP contribution in [0.2, 0.25) is 0 Å². The fourth-order valence-electron chi connectivity index (χ4n) is 2.69. The predicted molar refractivity (Wildman–Crippen MR) is 64.9 cm³/mol. The van der Waals surface area contributed by atoms with Crippen LogP contribution in [0.1, 0.15) is 46.0 Å². The standard InChI is InChI=1S/C12H23NS/c1-11(2,14-3)9-13-10-5-8-12(10)6-4-7-12/h10,13H,4-9H2,1-3H3/t10-/m0/s1. The summed E-state index contributed by atoms with van der Waals surface area (Å²) >= 11 is 1.97. The maximum Gasteiger partial charge on any atom is 0.0225 e. The van der Waals surface area contributed by atoms with Crippen LogP contribution < -0.4 is 5.32 Å². The second-order valence-corrected chi connectivity index (χ2v) is 7.17. The molecule has 1 N–H and O–H groups in total. The quantitative estimate of drug-likeness (QED) is 0.770. The van der Waals surface area contributed by atoms with E-state index in [1.54, 1.807) is 0 Å². The van der Waals surface area contributed by atoms with Crippen LogP contribution in [-0.4, -0.2) is 23.6 Å². The van der Waals surface area contributed by atoms with Crippen molar-refractivity contribution < 1.29 is 0 Å². The average molecular weight is 213 g/mol. The fourth-order valence-corrected chi connectivity index (χ4v) is 2.91. The molecule has 1 spiro atoms. The molecule has 0 bridgehead atoms. The van der Waals surface area contributed by atoms with Crippen molar-refractivity contribution in [1.82, 2.24) is 5.32 Å². The van der Waals surface area contributed by atoms with E-state index in [9.17, 15) is 0 Å². The van der Waals surface area contributed by atoms with Crippen molar-refractivity contribution in [3.63, 3.8) is 0 Å². The van der Waals surface area contributed by atoms with Crippen LogP contribution >= 0.6 is 11.8 Å². The van der Waals surface area contributed by atoms with Crippen molar-refractivity contribution in [3.05, 3.63) is 0 Å². The highest BCUT2D eigenvalue weighted by Crippen LogP contribution is 2.55. The SMILES string of the molecule is CSC(C)(C)CN[C@H]1CCC12CCC2. The zero-order chi connectivity index (χ0) is 10.2. The van der Waals surface area contributed by atoms with Crippen molar-refractivity contribution in [1.29, 1.82) is 0 Å². The second kappa shape index (κ2) is 3.71. The molecule has 0 saturated heterocycles. The Morgan fingerprint density at radius 2 is 2.07 bits per heavy atom. The summed E-state index contributed by atoms with van der Waals surface area (Å²) < 4.78 is 0.403. The number of hydrogen-bond donors (Lipinski definition) is 1. The normalized spacial score (nSPS) is 29.8. The molecule has 2 aliphatic carbocycles. The maximum atomic E-state index is 3.78. The van der Waals surface area contributed by atoms with Gasteiger partial charge in [0.2, 0.25) is 0 Å². The van der Waals surface area contributed by atoms with Crippen molar-refractivity contribution in [2.75, 3.05) is 12.8 Å². The first kappa shape index (κ1) is 10.8. The zero-order valence-corrected chi connectivity index (χ0v) is 10.5. The number of hydrogen-bond acceptors (Lipinski definition) is 2. The molecule has 0 aromatic rings. The van der Waals surface area contributed by atoms with E-state index in [2.05, 4.69) is 25.4 Å². The van der Waals surface area contributed by atoms with E-state index in [1.807, 2.05) is 11.8 Å². The Labute approximate surface area is 92.4 Å². The van der Waals surface area contributed by atoms with Gasteiger partial charge in [-0.05, 0) is 51.2 Å². The van der Waals surface area contributed by atoms with Gasteiger partial charge in [0.05, 0.1) is 0 Å². The zero-order valence-electron chi connectivity index (χ0n) is 9.73.